The summed E-state index contributed by atoms with van der Waals surface area (Å²) in [5, 5.41) is 12.9. The maximum absolute atomic E-state index is 11.2. The van der Waals surface area contributed by atoms with E-state index in [9.17, 15) is 5.11 Å². The average Bonchev–Trinajstić information content (AvgIpc) is 4.08. The molecule has 0 amide bonds. The SMILES string of the molecule is Cc1ccc(N(c2ccc(C)cc2)c2ncc(C#Cc3ccc(C4=C(O)/C(=C5\C=CC(=C=C=C6C=NC(=[N+](c7ccc(C)cc7)c7ccc(C)cc7)S6)C5)C4)[nH]3)s2)cc1. The van der Waals surface area contributed by atoms with Crippen LogP contribution in [-0.2, 0) is 0 Å². The van der Waals surface area contributed by atoms with E-state index < -0.39 is 0 Å². The highest BCUT2D eigenvalue weighted by atomic mass is 32.2. The van der Waals surface area contributed by atoms with Crippen molar-refractivity contribution >= 4 is 67.9 Å². The van der Waals surface area contributed by atoms with E-state index >= 15 is 0 Å². The van der Waals surface area contributed by atoms with Gasteiger partial charge in [-0.05, 0) is 117 Å². The van der Waals surface area contributed by atoms with Gasteiger partial charge in [-0.2, -0.15) is 4.58 Å². The number of allylic oxidation sites excluding steroid dienone is 7. The Morgan fingerprint density at radius 2 is 1.29 bits per heavy atom. The van der Waals surface area contributed by atoms with Crippen LogP contribution in [-0.4, -0.2) is 26.5 Å². The number of nitrogens with one attached hydrogen (secondary N) is 1. The molecule has 0 atom stereocenters. The molecule has 0 radical (unpaired) electrons. The molecule has 3 aliphatic rings. The van der Waals surface area contributed by atoms with Gasteiger partial charge in [0.2, 0.25) is 0 Å². The van der Waals surface area contributed by atoms with Gasteiger partial charge in [-0.25, -0.2) is 4.98 Å². The second-order valence-electron chi connectivity index (χ2n) is 14.9. The molecule has 3 heterocycles. The highest BCUT2D eigenvalue weighted by Crippen LogP contribution is 2.43. The van der Waals surface area contributed by atoms with Gasteiger partial charge in [-0.3, -0.25) is 4.90 Å². The number of H-pyrrole nitrogens is 1. The molecule has 0 unspecified atom stereocenters. The number of aromatic amines is 1. The van der Waals surface area contributed by atoms with Gasteiger partial charge in [0.05, 0.1) is 16.8 Å². The van der Waals surface area contributed by atoms with Gasteiger partial charge in [0.25, 0.3) is 0 Å². The molecule has 0 bridgehead atoms. The Kier molecular flexibility index (Phi) is 10.4. The Bertz CT molecular complexity index is 2850. The first-order valence-electron chi connectivity index (χ1n) is 19.4. The number of hydrogen-bond donors (Lipinski definition) is 2. The number of thiazole rings is 1. The molecule has 2 aromatic heterocycles. The summed E-state index contributed by atoms with van der Waals surface area (Å²) < 4.78 is 2.17. The van der Waals surface area contributed by atoms with E-state index in [1.807, 2.05) is 24.5 Å². The third-order valence-corrected chi connectivity index (χ3v) is 12.2. The molecule has 2 aliphatic carbocycles. The maximum atomic E-state index is 11.2. The van der Waals surface area contributed by atoms with Crippen molar-refractivity contribution < 1.29 is 5.11 Å². The largest absolute Gasteiger partial charge is 0.507 e. The number of nitrogens with zero attached hydrogens (tertiary/aromatic N) is 4. The standard InChI is InChI=1S/C51H39N5OS2/c1-33-5-18-40(19-6-33)55(41-20-7-34(2)8-21-41)50-52-31-44(58-50)26-14-37-13-15-38(29-37)46-30-47(49(46)57)48-28-17-39(54-48)16-27-45-32-53-51(59-45)56(42-22-9-35(3)10-23-42)43-24-11-36(4)12-25-43/h5-13,15,17-25,28,31-32,57H,29-30H2,1-4H3/p+1. The number of aliphatic hydroxyl groups excluding tert-OH is 1. The number of aliphatic hydroxyl groups is 1. The normalized spacial score (nSPS) is 15.6. The monoisotopic (exact) mass is 802 g/mol. The van der Waals surface area contributed by atoms with Crippen LogP contribution in [0.1, 0.15) is 51.4 Å². The molecule has 8 heteroatoms. The number of aromatic nitrogens is 2. The van der Waals surface area contributed by atoms with Gasteiger partial charge < -0.3 is 10.1 Å². The molecule has 6 nitrogen and oxygen atoms in total. The first kappa shape index (κ1) is 37.7. The summed E-state index contributed by atoms with van der Waals surface area (Å²) in [5.74, 6) is 6.89. The molecule has 2 N–H and O–H groups in total. The number of amidine groups is 1. The van der Waals surface area contributed by atoms with E-state index in [1.165, 1.54) is 22.3 Å². The van der Waals surface area contributed by atoms with Crippen LogP contribution in [0.3, 0.4) is 0 Å². The lowest BCUT2D eigenvalue weighted by atomic mass is 9.84. The predicted molar refractivity (Wildman–Crippen MR) is 247 cm³/mol. The molecule has 9 rings (SSSR count). The summed E-state index contributed by atoms with van der Waals surface area (Å²) in [7, 11) is 0. The molecular formula is C51H40N5OS2+. The summed E-state index contributed by atoms with van der Waals surface area (Å²) in [6, 6.07) is 37.9. The minimum Gasteiger partial charge on any atom is -0.507 e. The number of rotatable bonds is 6. The Hall–Kier alpha value is -6.84. The smallest absolute Gasteiger partial charge is 0.370 e. The number of aliphatic imine (C=N–C) groups is 1. The summed E-state index contributed by atoms with van der Waals surface area (Å²) in [6.45, 7) is 8.37. The van der Waals surface area contributed by atoms with Gasteiger partial charge in [-0.1, -0.05) is 99.7 Å². The summed E-state index contributed by atoms with van der Waals surface area (Å²) >= 11 is 3.13. The van der Waals surface area contributed by atoms with Crippen molar-refractivity contribution in [3.8, 4) is 11.8 Å². The Morgan fingerprint density at radius 3 is 1.90 bits per heavy atom. The van der Waals surface area contributed by atoms with Gasteiger partial charge >= 0.3 is 5.17 Å². The van der Waals surface area contributed by atoms with E-state index in [-0.39, 0.29) is 0 Å². The van der Waals surface area contributed by atoms with Crippen molar-refractivity contribution in [2.75, 3.05) is 4.90 Å². The second-order valence-corrected chi connectivity index (χ2v) is 16.9. The molecule has 59 heavy (non-hydrogen) atoms. The van der Waals surface area contributed by atoms with Crippen LogP contribution < -0.4 is 9.48 Å². The lowest BCUT2D eigenvalue weighted by Gasteiger charge is -2.24. The Morgan fingerprint density at radius 1 is 0.678 bits per heavy atom. The third kappa shape index (κ3) is 8.15. The maximum Gasteiger partial charge on any atom is 0.370 e. The first-order chi connectivity index (χ1) is 28.7. The van der Waals surface area contributed by atoms with Gasteiger partial charge in [0.1, 0.15) is 22.0 Å². The van der Waals surface area contributed by atoms with E-state index in [1.54, 1.807) is 23.1 Å². The predicted octanol–water partition coefficient (Wildman–Crippen LogP) is 12.8. The lowest BCUT2D eigenvalue weighted by Crippen LogP contribution is -2.10. The Balaban J connectivity index is 0.896. The number of anilines is 3. The zero-order valence-electron chi connectivity index (χ0n) is 33.2. The van der Waals surface area contributed by atoms with E-state index in [0.29, 0.717) is 18.6 Å². The van der Waals surface area contributed by atoms with Crippen LogP contribution >= 0.6 is 23.1 Å². The van der Waals surface area contributed by atoms with E-state index in [0.717, 1.165) is 76.5 Å². The lowest BCUT2D eigenvalue weighted by molar-refractivity contribution is 0.409. The van der Waals surface area contributed by atoms with Gasteiger partial charge in [-0.15, -0.1) is 0 Å². The summed E-state index contributed by atoms with van der Waals surface area (Å²) in [5.41, 5.74) is 21.4. The van der Waals surface area contributed by atoms with Crippen LogP contribution in [0.4, 0.5) is 27.9 Å². The zero-order chi connectivity index (χ0) is 40.5. The Labute approximate surface area is 353 Å². The molecule has 6 aromatic rings. The van der Waals surface area contributed by atoms with Gasteiger partial charge in [0.15, 0.2) is 11.3 Å². The molecule has 0 fully saturated rings. The fourth-order valence-electron chi connectivity index (χ4n) is 7.01. The van der Waals surface area contributed by atoms with Crippen molar-refractivity contribution in [2.24, 2.45) is 4.99 Å². The summed E-state index contributed by atoms with van der Waals surface area (Å²) in [4.78, 5) is 16.9. The van der Waals surface area contributed by atoms with Crippen LogP contribution in [0.5, 0.6) is 0 Å². The molecule has 0 saturated carbocycles. The van der Waals surface area contributed by atoms with Crippen molar-refractivity contribution in [1.82, 2.24) is 14.5 Å². The van der Waals surface area contributed by atoms with Crippen molar-refractivity contribution in [2.45, 2.75) is 40.5 Å². The topological polar surface area (TPSA) is 67.5 Å². The fraction of sp³-hybridized carbons (Fsp3) is 0.118. The first-order valence-corrected chi connectivity index (χ1v) is 21.1. The molecule has 4 aromatic carbocycles. The van der Waals surface area contributed by atoms with Crippen molar-refractivity contribution in [1.29, 1.82) is 0 Å². The highest BCUT2D eigenvalue weighted by Gasteiger charge is 2.29. The fourth-order valence-corrected chi connectivity index (χ4v) is 8.63. The van der Waals surface area contributed by atoms with Crippen molar-refractivity contribution in [3.63, 3.8) is 0 Å². The average molecular weight is 803 g/mol. The molecule has 0 spiro atoms. The van der Waals surface area contributed by atoms with Gasteiger partial charge in [0, 0.05) is 58.4 Å². The number of aryl methyl sites for hydroxylation is 4. The minimum absolute atomic E-state index is 0.332. The van der Waals surface area contributed by atoms with E-state index in [4.69, 9.17) is 9.98 Å². The molecule has 0 saturated heterocycles. The summed E-state index contributed by atoms with van der Waals surface area (Å²) in [6.07, 6.45) is 9.18. The highest BCUT2D eigenvalue weighted by molar-refractivity contribution is 8.18. The van der Waals surface area contributed by atoms with Crippen molar-refractivity contribution in [3.05, 3.63) is 205 Å². The minimum atomic E-state index is 0.332. The number of benzene rings is 4. The van der Waals surface area contributed by atoms with E-state index in [2.05, 4.69) is 175 Å². The molecular weight excluding hydrogens is 763 g/mol. The zero-order valence-corrected chi connectivity index (χ0v) is 34.8. The van der Waals surface area contributed by atoms with Crippen LogP contribution in [0, 0.1) is 39.5 Å². The third-order valence-electron chi connectivity index (χ3n) is 10.4. The molecule has 286 valence electrons. The van der Waals surface area contributed by atoms with Crippen LogP contribution in [0.2, 0.25) is 0 Å². The second kappa shape index (κ2) is 16.2. The number of hydrogen-bond acceptors (Lipinski definition) is 5. The quantitative estimate of drug-likeness (QED) is 0.1000. The molecule has 1 aliphatic heterocycles. The van der Waals surface area contributed by atoms with Crippen LogP contribution in [0.15, 0.2) is 171 Å². The van der Waals surface area contributed by atoms with Crippen LogP contribution in [0.25, 0.3) is 5.57 Å². The number of thioether (sulfide) groups is 1.